The van der Waals surface area contributed by atoms with Crippen LogP contribution in [-0.4, -0.2) is 41.8 Å². The summed E-state index contributed by atoms with van der Waals surface area (Å²) >= 11 is 0. The van der Waals surface area contributed by atoms with Gasteiger partial charge < -0.3 is 15.0 Å². The van der Waals surface area contributed by atoms with Gasteiger partial charge in [-0.25, -0.2) is 4.79 Å². The van der Waals surface area contributed by atoms with Crippen molar-refractivity contribution in [3.05, 3.63) is 0 Å². The lowest BCUT2D eigenvalue weighted by molar-refractivity contribution is 0.0281. The number of amides is 1. The van der Waals surface area contributed by atoms with Gasteiger partial charge in [0, 0.05) is 25.2 Å². The van der Waals surface area contributed by atoms with Gasteiger partial charge in [0.15, 0.2) is 0 Å². The Balaban J connectivity index is 1.88. The number of carbonyl (C=O) groups is 1. The predicted octanol–water partition coefficient (Wildman–Crippen LogP) is 1.60. The molecule has 16 heavy (non-hydrogen) atoms. The highest BCUT2D eigenvalue weighted by Crippen LogP contribution is 2.28. The van der Waals surface area contributed by atoms with E-state index in [0.717, 1.165) is 13.1 Å². The molecule has 1 amide bonds. The molecule has 2 saturated heterocycles. The first-order valence-corrected chi connectivity index (χ1v) is 6.09. The summed E-state index contributed by atoms with van der Waals surface area (Å²) in [6.45, 7) is 9.56. The summed E-state index contributed by atoms with van der Waals surface area (Å²) < 4.78 is 5.37. The maximum atomic E-state index is 11.8. The lowest BCUT2D eigenvalue weighted by Crippen LogP contribution is -2.39. The van der Waals surface area contributed by atoms with Crippen LogP contribution in [0.15, 0.2) is 0 Å². The SMILES string of the molecule is C[C@@H]1C[C@@H]2CN(C(=O)OC(C)(C)C)C[C@H]2N1. The fraction of sp³-hybridized carbons (Fsp3) is 0.917. The van der Waals surface area contributed by atoms with Gasteiger partial charge in [-0.3, -0.25) is 0 Å². The molecule has 1 N–H and O–H groups in total. The number of fused-ring (bicyclic) bond motifs is 1. The Morgan fingerprint density at radius 1 is 1.38 bits per heavy atom. The standard InChI is InChI=1S/C12H22N2O2/c1-8-5-9-6-14(7-10(9)13-8)11(15)16-12(2,3)4/h8-10,13H,5-7H2,1-4H3/t8-,9-,10-/m1/s1. The van der Waals surface area contributed by atoms with E-state index >= 15 is 0 Å². The summed E-state index contributed by atoms with van der Waals surface area (Å²) in [6.07, 6.45) is 1.00. The molecule has 2 fully saturated rings. The lowest BCUT2D eigenvalue weighted by Gasteiger charge is -2.25. The average molecular weight is 226 g/mol. The van der Waals surface area contributed by atoms with E-state index in [-0.39, 0.29) is 6.09 Å². The molecule has 0 unspecified atom stereocenters. The number of nitrogens with one attached hydrogen (secondary N) is 1. The number of likely N-dealkylation sites (tertiary alicyclic amines) is 1. The van der Waals surface area contributed by atoms with Gasteiger partial charge in [0.2, 0.25) is 0 Å². The lowest BCUT2D eigenvalue weighted by atomic mass is 10.0. The molecule has 4 nitrogen and oxygen atoms in total. The molecule has 4 heteroatoms. The minimum Gasteiger partial charge on any atom is -0.444 e. The molecule has 3 atom stereocenters. The Morgan fingerprint density at radius 2 is 2.06 bits per heavy atom. The summed E-state index contributed by atoms with van der Waals surface area (Å²) in [6, 6.07) is 1.07. The van der Waals surface area contributed by atoms with Crippen LogP contribution in [0.1, 0.15) is 34.1 Å². The number of hydrogen-bond donors (Lipinski definition) is 1. The number of hydrogen-bond acceptors (Lipinski definition) is 3. The van der Waals surface area contributed by atoms with E-state index in [1.165, 1.54) is 6.42 Å². The van der Waals surface area contributed by atoms with Crippen molar-refractivity contribution >= 4 is 6.09 Å². The van der Waals surface area contributed by atoms with Crippen LogP contribution in [0.4, 0.5) is 4.79 Å². The molecule has 0 aromatic carbocycles. The Bertz CT molecular complexity index is 271. The maximum Gasteiger partial charge on any atom is 0.410 e. The third-order valence-electron chi connectivity index (χ3n) is 3.25. The highest BCUT2D eigenvalue weighted by Gasteiger charge is 2.41. The quantitative estimate of drug-likeness (QED) is 0.682. The van der Waals surface area contributed by atoms with Crippen molar-refractivity contribution in [3.8, 4) is 0 Å². The zero-order valence-corrected chi connectivity index (χ0v) is 10.6. The summed E-state index contributed by atoms with van der Waals surface area (Å²) in [4.78, 5) is 13.7. The van der Waals surface area contributed by atoms with Gasteiger partial charge in [0.1, 0.15) is 5.60 Å². The van der Waals surface area contributed by atoms with Crippen molar-refractivity contribution < 1.29 is 9.53 Å². The van der Waals surface area contributed by atoms with Crippen LogP contribution in [0, 0.1) is 5.92 Å². The van der Waals surface area contributed by atoms with Gasteiger partial charge >= 0.3 is 6.09 Å². The Hall–Kier alpha value is -0.770. The van der Waals surface area contributed by atoms with Gasteiger partial charge in [-0.2, -0.15) is 0 Å². The molecule has 92 valence electrons. The van der Waals surface area contributed by atoms with E-state index < -0.39 is 5.60 Å². The average Bonchev–Trinajstić information content (AvgIpc) is 2.56. The second-order valence-corrected chi connectivity index (χ2v) is 6.06. The Morgan fingerprint density at radius 3 is 2.62 bits per heavy atom. The zero-order chi connectivity index (χ0) is 11.9. The number of nitrogens with zero attached hydrogens (tertiary/aromatic N) is 1. The molecule has 0 saturated carbocycles. The van der Waals surface area contributed by atoms with Crippen LogP contribution in [0.2, 0.25) is 0 Å². The van der Waals surface area contributed by atoms with Crippen molar-refractivity contribution in [2.75, 3.05) is 13.1 Å². The topological polar surface area (TPSA) is 41.6 Å². The van der Waals surface area contributed by atoms with Crippen LogP contribution >= 0.6 is 0 Å². The van der Waals surface area contributed by atoms with E-state index in [4.69, 9.17) is 4.74 Å². The van der Waals surface area contributed by atoms with Gasteiger partial charge in [-0.1, -0.05) is 0 Å². The molecule has 2 heterocycles. The van der Waals surface area contributed by atoms with Crippen molar-refractivity contribution in [2.24, 2.45) is 5.92 Å². The molecule has 0 aromatic heterocycles. The van der Waals surface area contributed by atoms with Gasteiger partial charge in [-0.15, -0.1) is 0 Å². The van der Waals surface area contributed by atoms with Gasteiger partial charge in [0.05, 0.1) is 0 Å². The minimum absolute atomic E-state index is 0.170. The Labute approximate surface area is 97.3 Å². The molecular formula is C12H22N2O2. The van der Waals surface area contributed by atoms with Crippen molar-refractivity contribution in [1.29, 1.82) is 0 Å². The molecule has 0 aromatic rings. The zero-order valence-electron chi connectivity index (χ0n) is 10.6. The summed E-state index contributed by atoms with van der Waals surface area (Å²) in [5, 5.41) is 3.51. The fourth-order valence-corrected chi connectivity index (χ4v) is 2.66. The largest absolute Gasteiger partial charge is 0.444 e. The number of ether oxygens (including phenoxy) is 1. The third-order valence-corrected chi connectivity index (χ3v) is 3.25. The third kappa shape index (κ3) is 2.48. The fourth-order valence-electron chi connectivity index (χ4n) is 2.66. The van der Waals surface area contributed by atoms with E-state index in [0.29, 0.717) is 18.0 Å². The molecule has 2 rings (SSSR count). The van der Waals surface area contributed by atoms with Crippen LogP contribution in [0.3, 0.4) is 0 Å². The van der Waals surface area contributed by atoms with Crippen LogP contribution in [0.25, 0.3) is 0 Å². The first-order chi connectivity index (χ1) is 7.35. The monoisotopic (exact) mass is 226 g/mol. The molecule has 2 aliphatic heterocycles. The number of rotatable bonds is 0. The van der Waals surface area contributed by atoms with E-state index in [1.807, 2.05) is 25.7 Å². The Kier molecular flexibility index (Phi) is 2.86. The smallest absolute Gasteiger partial charge is 0.410 e. The molecule has 0 radical (unpaired) electrons. The van der Waals surface area contributed by atoms with Crippen molar-refractivity contribution in [3.63, 3.8) is 0 Å². The maximum absolute atomic E-state index is 11.8. The van der Waals surface area contributed by atoms with Crippen LogP contribution < -0.4 is 5.32 Å². The second kappa shape index (κ2) is 3.91. The molecule has 2 aliphatic rings. The first kappa shape index (κ1) is 11.7. The highest BCUT2D eigenvalue weighted by molar-refractivity contribution is 5.68. The summed E-state index contributed by atoms with van der Waals surface area (Å²) in [5.41, 5.74) is -0.393. The molecule has 0 spiro atoms. The number of carbonyl (C=O) groups excluding carboxylic acids is 1. The highest BCUT2D eigenvalue weighted by atomic mass is 16.6. The van der Waals surface area contributed by atoms with Crippen molar-refractivity contribution in [1.82, 2.24) is 10.2 Å². The molecule has 0 aliphatic carbocycles. The first-order valence-electron chi connectivity index (χ1n) is 6.09. The normalized spacial score (nSPS) is 34.0. The summed E-state index contributed by atoms with van der Waals surface area (Å²) in [5.74, 6) is 0.613. The van der Waals surface area contributed by atoms with E-state index in [2.05, 4.69) is 12.2 Å². The van der Waals surface area contributed by atoms with E-state index in [9.17, 15) is 4.79 Å². The van der Waals surface area contributed by atoms with Gasteiger partial charge in [0.25, 0.3) is 0 Å². The molecular weight excluding hydrogens is 204 g/mol. The van der Waals surface area contributed by atoms with Crippen LogP contribution in [0.5, 0.6) is 0 Å². The molecule has 0 bridgehead atoms. The predicted molar refractivity (Wildman–Crippen MR) is 62.3 cm³/mol. The second-order valence-electron chi connectivity index (χ2n) is 6.06. The summed E-state index contributed by atoms with van der Waals surface area (Å²) in [7, 11) is 0. The van der Waals surface area contributed by atoms with Gasteiger partial charge in [-0.05, 0) is 40.0 Å². The van der Waals surface area contributed by atoms with Crippen LogP contribution in [-0.2, 0) is 4.74 Å². The van der Waals surface area contributed by atoms with Crippen molar-refractivity contribution in [2.45, 2.75) is 51.8 Å². The minimum atomic E-state index is -0.393. The van der Waals surface area contributed by atoms with E-state index in [1.54, 1.807) is 0 Å².